The van der Waals surface area contributed by atoms with Gasteiger partial charge in [0.25, 0.3) is 0 Å². The van der Waals surface area contributed by atoms with Crippen molar-refractivity contribution in [3.63, 3.8) is 0 Å². The minimum atomic E-state index is -0.0926. The third-order valence-electron chi connectivity index (χ3n) is 2.35. The molecule has 1 aromatic rings. The Bertz CT molecular complexity index is 393. The lowest BCUT2D eigenvalue weighted by molar-refractivity contribution is -0.117. The van der Waals surface area contributed by atoms with Crippen molar-refractivity contribution in [2.24, 2.45) is 5.92 Å². The van der Waals surface area contributed by atoms with E-state index in [9.17, 15) is 4.79 Å². The predicted octanol–water partition coefficient (Wildman–Crippen LogP) is 2.08. The molecule has 2 rings (SSSR count). The van der Waals surface area contributed by atoms with Crippen LogP contribution in [-0.2, 0) is 11.2 Å². The number of halogens is 1. The van der Waals surface area contributed by atoms with Gasteiger partial charge in [-0.25, -0.2) is 0 Å². The van der Waals surface area contributed by atoms with Crippen LogP contribution in [-0.4, -0.2) is 28.0 Å². The molecule has 0 radical (unpaired) electrons. The van der Waals surface area contributed by atoms with E-state index >= 15 is 0 Å². The van der Waals surface area contributed by atoms with Gasteiger partial charge in [0.15, 0.2) is 0 Å². The first-order valence-electron chi connectivity index (χ1n) is 5.33. The zero-order chi connectivity index (χ0) is 11.7. The Morgan fingerprint density at radius 2 is 2.31 bits per heavy atom. The summed E-state index contributed by atoms with van der Waals surface area (Å²) in [5, 5.41) is 9.72. The van der Waals surface area contributed by atoms with Crippen LogP contribution >= 0.6 is 22.9 Å². The van der Waals surface area contributed by atoms with E-state index in [-0.39, 0.29) is 11.3 Å². The number of anilines is 1. The van der Waals surface area contributed by atoms with Crippen molar-refractivity contribution in [3.05, 3.63) is 5.01 Å². The van der Waals surface area contributed by atoms with Crippen LogP contribution < -0.4 is 4.90 Å². The third-order valence-corrected chi connectivity index (χ3v) is 3.61. The molecule has 1 amide bonds. The van der Waals surface area contributed by atoms with Crippen molar-refractivity contribution in [1.29, 1.82) is 0 Å². The highest BCUT2D eigenvalue weighted by atomic mass is 35.5. The lowest BCUT2D eigenvalue weighted by atomic mass is 10.1. The number of hydrogen-bond donors (Lipinski definition) is 0. The van der Waals surface area contributed by atoms with E-state index in [2.05, 4.69) is 24.0 Å². The number of rotatable bonds is 3. The van der Waals surface area contributed by atoms with Gasteiger partial charge in [0, 0.05) is 19.4 Å². The van der Waals surface area contributed by atoms with Crippen molar-refractivity contribution in [3.8, 4) is 0 Å². The fourth-order valence-electron chi connectivity index (χ4n) is 1.63. The number of carbonyl (C=O) groups is 1. The SMILES string of the molecule is CC(C)Cc1nnc(N2CC(Cl)CC2=O)s1. The fourth-order valence-corrected chi connectivity index (χ4v) is 2.98. The standard InChI is InChI=1S/C10H14ClN3OS/c1-6(2)3-8-12-13-10(16-8)14-5-7(11)4-9(14)15/h6-7H,3-5H2,1-2H3. The van der Waals surface area contributed by atoms with Gasteiger partial charge in [-0.05, 0) is 5.92 Å². The van der Waals surface area contributed by atoms with Crippen LogP contribution in [0.3, 0.4) is 0 Å². The Labute approximate surface area is 104 Å². The molecule has 1 unspecified atom stereocenters. The van der Waals surface area contributed by atoms with Crippen LogP contribution in [0.4, 0.5) is 5.13 Å². The fraction of sp³-hybridized carbons (Fsp3) is 0.700. The second kappa shape index (κ2) is 4.67. The molecule has 6 heteroatoms. The summed E-state index contributed by atoms with van der Waals surface area (Å²) in [5.74, 6) is 0.600. The van der Waals surface area contributed by atoms with Crippen molar-refractivity contribution < 1.29 is 4.79 Å². The summed E-state index contributed by atoms with van der Waals surface area (Å²) < 4.78 is 0. The van der Waals surface area contributed by atoms with Gasteiger partial charge >= 0.3 is 0 Å². The number of carbonyl (C=O) groups excluding carboxylic acids is 1. The molecule has 0 saturated carbocycles. The van der Waals surface area contributed by atoms with Crippen molar-refractivity contribution in [2.45, 2.75) is 32.1 Å². The molecule has 1 aliphatic heterocycles. The van der Waals surface area contributed by atoms with Crippen molar-refractivity contribution in [2.75, 3.05) is 11.4 Å². The maximum Gasteiger partial charge on any atom is 0.230 e. The quantitative estimate of drug-likeness (QED) is 0.781. The number of alkyl halides is 1. The molecular formula is C10H14ClN3OS. The minimum absolute atomic E-state index is 0.0484. The summed E-state index contributed by atoms with van der Waals surface area (Å²) in [4.78, 5) is 13.2. The first kappa shape index (κ1) is 11.8. The van der Waals surface area contributed by atoms with Crippen LogP contribution in [0.5, 0.6) is 0 Å². The average Bonchev–Trinajstić information content (AvgIpc) is 2.72. The summed E-state index contributed by atoms with van der Waals surface area (Å²) in [6.45, 7) is 4.82. The van der Waals surface area contributed by atoms with Crippen LogP contribution in [0.1, 0.15) is 25.3 Å². The molecule has 88 valence electrons. The Balaban J connectivity index is 2.10. The van der Waals surface area contributed by atoms with E-state index in [0.717, 1.165) is 11.4 Å². The van der Waals surface area contributed by atoms with Crippen LogP contribution in [0.15, 0.2) is 0 Å². The summed E-state index contributed by atoms with van der Waals surface area (Å²) in [7, 11) is 0. The van der Waals surface area contributed by atoms with Gasteiger partial charge in [-0.3, -0.25) is 9.69 Å². The molecule has 1 aromatic heterocycles. The second-order valence-corrected chi connectivity index (χ2v) is 6.04. The lowest BCUT2D eigenvalue weighted by Crippen LogP contribution is -2.24. The first-order chi connectivity index (χ1) is 7.56. The largest absolute Gasteiger partial charge is 0.285 e. The number of nitrogens with zero attached hydrogens (tertiary/aromatic N) is 3. The van der Waals surface area contributed by atoms with Gasteiger partial charge in [-0.2, -0.15) is 0 Å². The minimum Gasteiger partial charge on any atom is -0.285 e. The van der Waals surface area contributed by atoms with Crippen LogP contribution in [0.2, 0.25) is 0 Å². The molecule has 16 heavy (non-hydrogen) atoms. The molecule has 0 N–H and O–H groups in total. The molecule has 4 nitrogen and oxygen atoms in total. The van der Waals surface area contributed by atoms with Gasteiger partial charge in [0.05, 0.1) is 5.38 Å². The smallest absolute Gasteiger partial charge is 0.230 e. The topological polar surface area (TPSA) is 46.1 Å². The van der Waals surface area contributed by atoms with Gasteiger partial charge < -0.3 is 0 Å². The summed E-state index contributed by atoms with van der Waals surface area (Å²) in [6, 6.07) is 0. The highest BCUT2D eigenvalue weighted by Crippen LogP contribution is 2.27. The Hall–Kier alpha value is -0.680. The molecule has 0 spiro atoms. The van der Waals surface area contributed by atoms with E-state index in [0.29, 0.717) is 24.0 Å². The Morgan fingerprint density at radius 1 is 1.56 bits per heavy atom. The zero-order valence-corrected chi connectivity index (χ0v) is 10.9. The lowest BCUT2D eigenvalue weighted by Gasteiger charge is -2.09. The molecule has 0 aliphatic carbocycles. The maximum absolute atomic E-state index is 11.6. The average molecular weight is 260 g/mol. The van der Waals surface area contributed by atoms with Crippen molar-refractivity contribution >= 4 is 34.0 Å². The number of amides is 1. The molecule has 0 bridgehead atoms. The van der Waals surface area contributed by atoms with Crippen molar-refractivity contribution in [1.82, 2.24) is 10.2 Å². The molecule has 0 aromatic carbocycles. The number of hydrogen-bond acceptors (Lipinski definition) is 4. The maximum atomic E-state index is 11.6. The van der Waals surface area contributed by atoms with Crippen LogP contribution in [0.25, 0.3) is 0 Å². The molecule has 1 fully saturated rings. The van der Waals surface area contributed by atoms with Gasteiger partial charge in [0.1, 0.15) is 5.01 Å². The molecule has 2 heterocycles. The molecule has 1 atom stereocenters. The zero-order valence-electron chi connectivity index (χ0n) is 9.31. The highest BCUT2D eigenvalue weighted by molar-refractivity contribution is 7.15. The van der Waals surface area contributed by atoms with Gasteiger partial charge in [-0.15, -0.1) is 21.8 Å². The van der Waals surface area contributed by atoms with E-state index in [1.165, 1.54) is 11.3 Å². The molecule has 1 saturated heterocycles. The van der Waals surface area contributed by atoms with E-state index in [4.69, 9.17) is 11.6 Å². The predicted molar refractivity (Wildman–Crippen MR) is 65.1 cm³/mol. The molecule has 1 aliphatic rings. The molecular weight excluding hydrogens is 246 g/mol. The van der Waals surface area contributed by atoms with Crippen LogP contribution in [0, 0.1) is 5.92 Å². The first-order valence-corrected chi connectivity index (χ1v) is 6.58. The highest BCUT2D eigenvalue weighted by Gasteiger charge is 2.31. The summed E-state index contributed by atoms with van der Waals surface area (Å²) in [5.41, 5.74) is 0. The normalized spacial score (nSPS) is 21.1. The monoisotopic (exact) mass is 259 g/mol. The summed E-state index contributed by atoms with van der Waals surface area (Å²) in [6.07, 6.45) is 1.31. The Kier molecular flexibility index (Phi) is 3.44. The van der Waals surface area contributed by atoms with Gasteiger partial charge in [-0.1, -0.05) is 25.2 Å². The van der Waals surface area contributed by atoms with E-state index in [1.807, 2.05) is 0 Å². The van der Waals surface area contributed by atoms with E-state index in [1.54, 1.807) is 4.90 Å². The van der Waals surface area contributed by atoms with Gasteiger partial charge in [0.2, 0.25) is 11.0 Å². The summed E-state index contributed by atoms with van der Waals surface area (Å²) >= 11 is 7.43. The number of aromatic nitrogens is 2. The third kappa shape index (κ3) is 2.52. The Morgan fingerprint density at radius 3 is 2.88 bits per heavy atom. The second-order valence-electron chi connectivity index (χ2n) is 4.38. The van der Waals surface area contributed by atoms with E-state index < -0.39 is 0 Å².